The van der Waals surface area contributed by atoms with E-state index in [0.717, 1.165) is 5.75 Å². The molecule has 2 N–H and O–H groups in total. The van der Waals surface area contributed by atoms with E-state index in [1.54, 1.807) is 26.2 Å². The maximum atomic E-state index is 11.6. The van der Waals surface area contributed by atoms with Gasteiger partial charge in [0, 0.05) is 25.7 Å². The summed E-state index contributed by atoms with van der Waals surface area (Å²) in [6, 6.07) is 7.27. The molecular formula is C16H26ClIN4O2. The van der Waals surface area contributed by atoms with Crippen LogP contribution in [0.15, 0.2) is 29.3 Å². The Morgan fingerprint density at radius 3 is 2.67 bits per heavy atom. The van der Waals surface area contributed by atoms with Crippen LogP contribution in [0.4, 0.5) is 0 Å². The van der Waals surface area contributed by atoms with Crippen molar-refractivity contribution in [3.8, 4) is 5.75 Å². The van der Waals surface area contributed by atoms with Gasteiger partial charge in [-0.15, -0.1) is 24.0 Å². The summed E-state index contributed by atoms with van der Waals surface area (Å²) in [5, 5.41) is 6.90. The summed E-state index contributed by atoms with van der Waals surface area (Å²) in [5.74, 6) is 1.26. The first-order chi connectivity index (χ1) is 10.9. The standard InChI is InChI=1S/C16H25ClN4O2.HI/c1-5-18-16(20-11-15(22)21(3)4)19-10-12(2)23-14-8-6-7-13(17)9-14;/h6-9,12H,5,10-11H2,1-4H3,(H2,18,19,20);1H. The van der Waals surface area contributed by atoms with Gasteiger partial charge in [-0.1, -0.05) is 17.7 Å². The third kappa shape index (κ3) is 9.17. The minimum atomic E-state index is -0.0816. The molecule has 24 heavy (non-hydrogen) atoms. The van der Waals surface area contributed by atoms with Gasteiger partial charge in [0.25, 0.3) is 0 Å². The van der Waals surface area contributed by atoms with Gasteiger partial charge >= 0.3 is 0 Å². The number of amides is 1. The highest BCUT2D eigenvalue weighted by Crippen LogP contribution is 2.18. The summed E-state index contributed by atoms with van der Waals surface area (Å²) in [7, 11) is 3.41. The van der Waals surface area contributed by atoms with Crippen LogP contribution in [0, 0.1) is 0 Å². The molecule has 0 saturated heterocycles. The number of nitrogens with zero attached hydrogens (tertiary/aromatic N) is 2. The largest absolute Gasteiger partial charge is 0.489 e. The lowest BCUT2D eigenvalue weighted by molar-refractivity contribution is -0.127. The van der Waals surface area contributed by atoms with Crippen LogP contribution in [0.2, 0.25) is 5.02 Å². The number of ether oxygens (including phenoxy) is 1. The Bertz CT molecular complexity index is 541. The fraction of sp³-hybridized carbons (Fsp3) is 0.500. The van der Waals surface area contributed by atoms with Crippen LogP contribution in [-0.4, -0.2) is 56.6 Å². The highest BCUT2D eigenvalue weighted by Gasteiger charge is 2.07. The Labute approximate surface area is 166 Å². The van der Waals surface area contributed by atoms with E-state index in [0.29, 0.717) is 24.1 Å². The molecule has 0 saturated carbocycles. The molecule has 0 aliphatic heterocycles. The van der Waals surface area contributed by atoms with Crippen molar-refractivity contribution in [3.05, 3.63) is 29.3 Å². The third-order valence-electron chi connectivity index (χ3n) is 2.91. The van der Waals surface area contributed by atoms with Crippen molar-refractivity contribution in [2.45, 2.75) is 20.0 Å². The van der Waals surface area contributed by atoms with Crippen molar-refractivity contribution in [2.75, 3.05) is 33.7 Å². The summed E-state index contributed by atoms with van der Waals surface area (Å²) in [6.07, 6.45) is -0.0816. The van der Waals surface area contributed by atoms with Crippen LogP contribution in [-0.2, 0) is 4.79 Å². The van der Waals surface area contributed by atoms with Crippen LogP contribution in [0.1, 0.15) is 13.8 Å². The summed E-state index contributed by atoms with van der Waals surface area (Å²) in [4.78, 5) is 17.4. The van der Waals surface area contributed by atoms with Crippen molar-refractivity contribution in [1.82, 2.24) is 15.5 Å². The first kappa shape index (κ1) is 22.8. The predicted molar refractivity (Wildman–Crippen MR) is 110 cm³/mol. The number of carbonyl (C=O) groups excluding carboxylic acids is 1. The van der Waals surface area contributed by atoms with E-state index in [4.69, 9.17) is 16.3 Å². The molecule has 0 fully saturated rings. The second-order valence-electron chi connectivity index (χ2n) is 5.25. The van der Waals surface area contributed by atoms with E-state index in [-0.39, 0.29) is 42.5 Å². The molecule has 6 nitrogen and oxygen atoms in total. The Morgan fingerprint density at radius 1 is 1.38 bits per heavy atom. The number of aliphatic imine (C=N–C) groups is 1. The molecule has 1 aromatic carbocycles. The van der Waals surface area contributed by atoms with Gasteiger partial charge in [-0.2, -0.15) is 0 Å². The zero-order valence-electron chi connectivity index (χ0n) is 14.5. The molecule has 8 heteroatoms. The number of likely N-dealkylation sites (N-methyl/N-ethyl adjacent to an activating group) is 1. The molecule has 0 aromatic heterocycles. The molecule has 1 atom stereocenters. The van der Waals surface area contributed by atoms with Crippen molar-refractivity contribution in [1.29, 1.82) is 0 Å². The molecule has 1 rings (SSSR count). The quantitative estimate of drug-likeness (QED) is 0.366. The minimum absolute atomic E-state index is 0. The Kier molecular flexibility index (Phi) is 11.6. The van der Waals surface area contributed by atoms with E-state index in [2.05, 4.69) is 15.6 Å². The van der Waals surface area contributed by atoms with Gasteiger partial charge in [0.05, 0.1) is 6.54 Å². The lowest BCUT2D eigenvalue weighted by atomic mass is 10.3. The first-order valence-electron chi connectivity index (χ1n) is 7.57. The molecular weight excluding hydrogens is 443 g/mol. The van der Waals surface area contributed by atoms with E-state index >= 15 is 0 Å². The number of hydrogen-bond acceptors (Lipinski definition) is 3. The number of benzene rings is 1. The van der Waals surface area contributed by atoms with Crippen molar-refractivity contribution in [2.24, 2.45) is 4.99 Å². The fourth-order valence-electron chi connectivity index (χ4n) is 1.68. The molecule has 0 heterocycles. The maximum Gasteiger partial charge on any atom is 0.243 e. The molecule has 1 unspecified atom stereocenters. The monoisotopic (exact) mass is 468 g/mol. The molecule has 136 valence electrons. The van der Waals surface area contributed by atoms with Gasteiger partial charge in [0.15, 0.2) is 5.96 Å². The van der Waals surface area contributed by atoms with Gasteiger partial charge in [-0.3, -0.25) is 4.79 Å². The van der Waals surface area contributed by atoms with E-state index in [1.165, 1.54) is 4.90 Å². The topological polar surface area (TPSA) is 66.0 Å². The summed E-state index contributed by atoms with van der Waals surface area (Å²) >= 11 is 5.93. The number of nitrogens with one attached hydrogen (secondary N) is 2. The summed E-state index contributed by atoms with van der Waals surface area (Å²) < 4.78 is 5.78. The minimum Gasteiger partial charge on any atom is -0.489 e. The van der Waals surface area contributed by atoms with E-state index in [9.17, 15) is 4.79 Å². The number of carbonyl (C=O) groups is 1. The molecule has 1 aromatic rings. The lowest BCUT2D eigenvalue weighted by Crippen LogP contribution is -2.42. The van der Waals surface area contributed by atoms with Crippen LogP contribution in [0.5, 0.6) is 5.75 Å². The summed E-state index contributed by atoms with van der Waals surface area (Å²) in [5.41, 5.74) is 0. The van der Waals surface area contributed by atoms with E-state index < -0.39 is 0 Å². The van der Waals surface area contributed by atoms with Gasteiger partial charge < -0.3 is 20.3 Å². The van der Waals surface area contributed by atoms with Crippen LogP contribution in [0.25, 0.3) is 0 Å². The SMILES string of the molecule is CCNC(=NCC(=O)N(C)C)NCC(C)Oc1cccc(Cl)c1.I. The molecule has 0 radical (unpaired) electrons. The number of hydrogen-bond donors (Lipinski definition) is 2. The second kappa shape index (κ2) is 12.2. The van der Waals surface area contributed by atoms with Crippen molar-refractivity contribution < 1.29 is 9.53 Å². The van der Waals surface area contributed by atoms with Gasteiger partial charge in [0.2, 0.25) is 5.91 Å². The van der Waals surface area contributed by atoms with Gasteiger partial charge in [0.1, 0.15) is 18.4 Å². The maximum absolute atomic E-state index is 11.6. The lowest BCUT2D eigenvalue weighted by Gasteiger charge is -2.18. The van der Waals surface area contributed by atoms with Gasteiger partial charge in [-0.25, -0.2) is 4.99 Å². The first-order valence-corrected chi connectivity index (χ1v) is 7.94. The fourth-order valence-corrected chi connectivity index (χ4v) is 1.86. The van der Waals surface area contributed by atoms with Crippen LogP contribution >= 0.6 is 35.6 Å². The Morgan fingerprint density at radius 2 is 2.08 bits per heavy atom. The average molecular weight is 469 g/mol. The number of halogens is 2. The third-order valence-corrected chi connectivity index (χ3v) is 3.14. The van der Waals surface area contributed by atoms with Crippen molar-refractivity contribution in [3.63, 3.8) is 0 Å². The average Bonchev–Trinajstić information content (AvgIpc) is 2.49. The molecule has 0 aliphatic rings. The van der Waals surface area contributed by atoms with Crippen LogP contribution in [0.3, 0.4) is 0 Å². The Balaban J connectivity index is 0.00000529. The highest BCUT2D eigenvalue weighted by atomic mass is 127. The van der Waals surface area contributed by atoms with E-state index in [1.807, 2.05) is 26.0 Å². The smallest absolute Gasteiger partial charge is 0.243 e. The number of rotatable bonds is 7. The Hall–Kier alpha value is -1.22. The highest BCUT2D eigenvalue weighted by molar-refractivity contribution is 14.0. The zero-order valence-corrected chi connectivity index (χ0v) is 17.6. The van der Waals surface area contributed by atoms with Crippen molar-refractivity contribution >= 4 is 47.4 Å². The summed E-state index contributed by atoms with van der Waals surface area (Å²) in [6.45, 7) is 5.28. The van der Waals surface area contributed by atoms with Gasteiger partial charge in [-0.05, 0) is 32.0 Å². The predicted octanol–water partition coefficient (Wildman–Crippen LogP) is 2.37. The molecule has 0 spiro atoms. The molecule has 0 aliphatic carbocycles. The zero-order chi connectivity index (χ0) is 17.2. The molecule has 1 amide bonds. The van der Waals surface area contributed by atoms with Crippen LogP contribution < -0.4 is 15.4 Å². The normalized spacial score (nSPS) is 12.0. The number of guanidine groups is 1. The molecule has 0 bridgehead atoms. The second-order valence-corrected chi connectivity index (χ2v) is 5.69.